The fraction of sp³-hybridized carbons (Fsp3) is 0.667. The number of hydrogen-bond acceptors (Lipinski definition) is 2. The van der Waals surface area contributed by atoms with Crippen LogP contribution in [-0.4, -0.2) is 19.7 Å². The summed E-state index contributed by atoms with van der Waals surface area (Å²) in [7, 11) is 1.74. The first kappa shape index (κ1) is 13.9. The third kappa shape index (κ3) is 3.35. The van der Waals surface area contributed by atoms with E-state index in [2.05, 4.69) is 23.5 Å². The molecule has 3 rings (SSSR count). The molecule has 20 heavy (non-hydrogen) atoms. The van der Waals surface area contributed by atoms with Gasteiger partial charge in [0.1, 0.15) is 5.75 Å². The monoisotopic (exact) mass is 273 g/mol. The Bertz CT molecular complexity index is 419. The Kier molecular flexibility index (Phi) is 4.62. The molecular formula is C18H27NO. The molecule has 2 aliphatic rings. The molecule has 1 aromatic rings. The van der Waals surface area contributed by atoms with Gasteiger partial charge in [0, 0.05) is 6.04 Å². The number of nitrogens with one attached hydrogen (secondary N) is 1. The average molecular weight is 273 g/mol. The van der Waals surface area contributed by atoms with Crippen molar-refractivity contribution in [3.63, 3.8) is 0 Å². The van der Waals surface area contributed by atoms with Gasteiger partial charge in [0.2, 0.25) is 0 Å². The molecule has 2 fully saturated rings. The van der Waals surface area contributed by atoms with Crippen LogP contribution in [0.3, 0.4) is 0 Å². The zero-order valence-corrected chi connectivity index (χ0v) is 12.6. The van der Waals surface area contributed by atoms with Gasteiger partial charge >= 0.3 is 0 Å². The number of methoxy groups -OCH3 is 1. The first-order valence-corrected chi connectivity index (χ1v) is 8.22. The molecule has 0 radical (unpaired) electrons. The molecule has 0 aromatic heterocycles. The lowest BCUT2D eigenvalue weighted by Gasteiger charge is -2.37. The Labute approximate surface area is 122 Å². The highest BCUT2D eigenvalue weighted by molar-refractivity contribution is 5.32. The number of ether oxygens (including phenoxy) is 1. The van der Waals surface area contributed by atoms with Crippen LogP contribution >= 0.6 is 0 Å². The SMILES string of the molecule is COc1cccc(C2CC(NCC3CCCCC3)C2)c1. The van der Waals surface area contributed by atoms with Crippen molar-refractivity contribution in [2.24, 2.45) is 5.92 Å². The van der Waals surface area contributed by atoms with Crippen LogP contribution in [0.1, 0.15) is 56.4 Å². The fourth-order valence-corrected chi connectivity index (χ4v) is 3.68. The second-order valence-electron chi connectivity index (χ2n) is 6.55. The molecular weight excluding hydrogens is 246 g/mol. The summed E-state index contributed by atoms with van der Waals surface area (Å²) < 4.78 is 5.31. The number of hydrogen-bond donors (Lipinski definition) is 1. The molecule has 0 spiro atoms. The first-order valence-electron chi connectivity index (χ1n) is 8.22. The van der Waals surface area contributed by atoms with E-state index in [1.807, 2.05) is 6.07 Å². The predicted molar refractivity (Wildman–Crippen MR) is 83.3 cm³/mol. The van der Waals surface area contributed by atoms with Crippen LogP contribution in [0.15, 0.2) is 24.3 Å². The van der Waals surface area contributed by atoms with Crippen LogP contribution in [-0.2, 0) is 0 Å². The second-order valence-corrected chi connectivity index (χ2v) is 6.55. The number of rotatable bonds is 5. The van der Waals surface area contributed by atoms with Gasteiger partial charge in [0.05, 0.1) is 7.11 Å². The van der Waals surface area contributed by atoms with Crippen molar-refractivity contribution in [3.8, 4) is 5.75 Å². The highest BCUT2D eigenvalue weighted by atomic mass is 16.5. The van der Waals surface area contributed by atoms with Crippen molar-refractivity contribution in [1.29, 1.82) is 0 Å². The van der Waals surface area contributed by atoms with E-state index in [1.165, 1.54) is 57.1 Å². The molecule has 0 bridgehead atoms. The molecule has 0 saturated heterocycles. The zero-order chi connectivity index (χ0) is 13.8. The average Bonchev–Trinajstić information content (AvgIpc) is 2.47. The third-order valence-corrected chi connectivity index (χ3v) is 5.12. The van der Waals surface area contributed by atoms with Gasteiger partial charge in [-0.25, -0.2) is 0 Å². The molecule has 0 amide bonds. The molecule has 2 saturated carbocycles. The largest absolute Gasteiger partial charge is 0.497 e. The van der Waals surface area contributed by atoms with Crippen molar-refractivity contribution >= 4 is 0 Å². The van der Waals surface area contributed by atoms with E-state index in [0.29, 0.717) is 0 Å². The molecule has 0 unspecified atom stereocenters. The van der Waals surface area contributed by atoms with E-state index in [1.54, 1.807) is 7.11 Å². The Hall–Kier alpha value is -1.02. The van der Waals surface area contributed by atoms with Gasteiger partial charge in [-0.05, 0) is 61.8 Å². The topological polar surface area (TPSA) is 21.3 Å². The molecule has 0 atom stereocenters. The summed E-state index contributed by atoms with van der Waals surface area (Å²) in [6.07, 6.45) is 9.82. The molecule has 1 N–H and O–H groups in total. The van der Waals surface area contributed by atoms with E-state index in [4.69, 9.17) is 4.74 Å². The summed E-state index contributed by atoms with van der Waals surface area (Å²) in [5, 5.41) is 3.79. The molecule has 0 aliphatic heterocycles. The minimum Gasteiger partial charge on any atom is -0.497 e. The van der Waals surface area contributed by atoms with Gasteiger partial charge in [0.25, 0.3) is 0 Å². The maximum Gasteiger partial charge on any atom is 0.119 e. The maximum absolute atomic E-state index is 5.31. The van der Waals surface area contributed by atoms with Crippen LogP contribution in [0.25, 0.3) is 0 Å². The lowest BCUT2D eigenvalue weighted by molar-refractivity contribution is 0.255. The maximum atomic E-state index is 5.31. The van der Waals surface area contributed by atoms with Crippen LogP contribution in [0.5, 0.6) is 5.75 Å². The highest BCUT2D eigenvalue weighted by Crippen LogP contribution is 2.38. The van der Waals surface area contributed by atoms with Gasteiger partial charge in [-0.1, -0.05) is 31.4 Å². The minimum atomic E-state index is 0.731. The Morgan fingerprint density at radius 3 is 2.70 bits per heavy atom. The van der Waals surface area contributed by atoms with Crippen molar-refractivity contribution in [2.45, 2.75) is 56.9 Å². The summed E-state index contributed by atoms with van der Waals surface area (Å²) in [5.41, 5.74) is 1.44. The number of benzene rings is 1. The van der Waals surface area contributed by atoms with Gasteiger partial charge in [0.15, 0.2) is 0 Å². The molecule has 110 valence electrons. The van der Waals surface area contributed by atoms with E-state index in [9.17, 15) is 0 Å². The predicted octanol–water partition coefficient (Wildman–Crippen LogP) is 4.11. The summed E-state index contributed by atoms with van der Waals surface area (Å²) in [6.45, 7) is 1.25. The third-order valence-electron chi connectivity index (χ3n) is 5.12. The van der Waals surface area contributed by atoms with Crippen LogP contribution in [0, 0.1) is 5.92 Å². The van der Waals surface area contributed by atoms with Gasteiger partial charge in [-0.15, -0.1) is 0 Å². The van der Waals surface area contributed by atoms with Crippen LogP contribution in [0.2, 0.25) is 0 Å². The quantitative estimate of drug-likeness (QED) is 0.871. The molecule has 2 aliphatic carbocycles. The van der Waals surface area contributed by atoms with E-state index < -0.39 is 0 Å². The highest BCUT2D eigenvalue weighted by Gasteiger charge is 2.30. The van der Waals surface area contributed by atoms with Crippen molar-refractivity contribution in [1.82, 2.24) is 5.32 Å². The van der Waals surface area contributed by atoms with E-state index in [0.717, 1.165) is 23.6 Å². The summed E-state index contributed by atoms with van der Waals surface area (Å²) in [6, 6.07) is 9.32. The van der Waals surface area contributed by atoms with Crippen molar-refractivity contribution in [2.75, 3.05) is 13.7 Å². The standard InChI is InChI=1S/C18H27NO/c1-20-18-9-5-8-15(12-18)16-10-17(11-16)19-13-14-6-3-2-4-7-14/h5,8-9,12,14,16-17,19H,2-4,6-7,10-11,13H2,1H3. The smallest absolute Gasteiger partial charge is 0.119 e. The zero-order valence-electron chi connectivity index (χ0n) is 12.6. The normalized spacial score (nSPS) is 27.1. The van der Waals surface area contributed by atoms with Crippen LogP contribution in [0.4, 0.5) is 0 Å². The Morgan fingerprint density at radius 1 is 1.15 bits per heavy atom. The van der Waals surface area contributed by atoms with Crippen LogP contribution < -0.4 is 10.1 Å². The lowest BCUT2D eigenvalue weighted by atomic mass is 9.75. The summed E-state index contributed by atoms with van der Waals surface area (Å²) >= 11 is 0. The Morgan fingerprint density at radius 2 is 1.95 bits per heavy atom. The van der Waals surface area contributed by atoms with Gasteiger partial charge < -0.3 is 10.1 Å². The van der Waals surface area contributed by atoms with E-state index >= 15 is 0 Å². The lowest BCUT2D eigenvalue weighted by Crippen LogP contribution is -2.42. The second kappa shape index (κ2) is 6.62. The summed E-state index contributed by atoms with van der Waals surface area (Å²) in [4.78, 5) is 0. The fourth-order valence-electron chi connectivity index (χ4n) is 3.68. The Balaban J connectivity index is 1.41. The van der Waals surface area contributed by atoms with Gasteiger partial charge in [-0.3, -0.25) is 0 Å². The molecule has 2 heteroatoms. The minimum absolute atomic E-state index is 0.731. The molecule has 1 aromatic carbocycles. The van der Waals surface area contributed by atoms with Gasteiger partial charge in [-0.2, -0.15) is 0 Å². The first-order chi connectivity index (χ1) is 9.85. The molecule has 2 nitrogen and oxygen atoms in total. The van der Waals surface area contributed by atoms with E-state index in [-0.39, 0.29) is 0 Å². The molecule has 0 heterocycles. The van der Waals surface area contributed by atoms with Crippen molar-refractivity contribution < 1.29 is 4.74 Å². The summed E-state index contributed by atoms with van der Waals surface area (Å²) in [5.74, 6) is 2.66. The van der Waals surface area contributed by atoms with Crippen molar-refractivity contribution in [3.05, 3.63) is 29.8 Å².